The van der Waals surface area contributed by atoms with Crippen molar-refractivity contribution >= 4 is 38.5 Å². The molecule has 10 heavy (non-hydrogen) atoms. The van der Waals surface area contributed by atoms with E-state index in [0.29, 0.717) is 0 Å². The van der Waals surface area contributed by atoms with E-state index < -0.39 is 13.2 Å². The van der Waals surface area contributed by atoms with Crippen molar-refractivity contribution < 1.29 is 15.1 Å². The summed E-state index contributed by atoms with van der Waals surface area (Å²) in [6, 6.07) is 0. The molecule has 0 amide bonds. The molecule has 0 aromatic carbocycles. The molecule has 0 aromatic rings. The third-order valence-electron chi connectivity index (χ3n) is 0.923. The van der Waals surface area contributed by atoms with Gasteiger partial charge in [0.15, 0.2) is 0 Å². The number of nitro groups is 1. The Morgan fingerprint density at radius 1 is 1.70 bits per heavy atom. The average molecular weight is 326 g/mol. The van der Waals surface area contributed by atoms with Crippen molar-refractivity contribution in [1.29, 1.82) is 0 Å². The summed E-state index contributed by atoms with van der Waals surface area (Å²) in [6.07, 6.45) is 0. The van der Waals surface area contributed by atoms with Crippen molar-refractivity contribution in [1.82, 2.24) is 0 Å². The zero-order valence-corrected chi connectivity index (χ0v) is 8.66. The number of halogens is 2. The largest absolute Gasteiger partial charge is 0.351 e. The van der Waals surface area contributed by atoms with Crippen LogP contribution >= 0.6 is 38.5 Å². The summed E-state index contributed by atoms with van der Waals surface area (Å²) in [5.41, 5.74) is 0. The molecule has 0 radical (unpaired) electrons. The molecule has 2 N–H and O–H groups in total. The molecule has 0 heterocycles. The van der Waals surface area contributed by atoms with Crippen molar-refractivity contribution in [2.45, 2.75) is 15.2 Å². The Balaban J connectivity index is 4.57. The van der Waals surface area contributed by atoms with E-state index in [4.69, 9.17) is 10.2 Å². The summed E-state index contributed by atoms with van der Waals surface area (Å²) in [5.74, 6) is 0. The first-order chi connectivity index (χ1) is 4.19. The Bertz CT molecular complexity index is 153. The fourth-order valence-electron chi connectivity index (χ4n) is 0.116. The molecule has 0 aromatic heterocycles. The Hall–Kier alpha value is 0.530. The van der Waals surface area contributed by atoms with E-state index in [-0.39, 0.29) is 0 Å². The maximum Gasteiger partial charge on any atom is 0.333 e. The van der Waals surface area contributed by atoms with Crippen LogP contribution in [0.25, 0.3) is 0 Å². The summed E-state index contributed by atoms with van der Waals surface area (Å²) in [7, 11) is 0. The van der Waals surface area contributed by atoms with Crippen LogP contribution < -0.4 is 0 Å². The molecule has 0 aliphatic carbocycles. The average Bonchev–Trinajstić information content (AvgIpc) is 1.62. The molecule has 0 rings (SSSR count). The minimum atomic E-state index is -2.39. The zero-order valence-electron chi connectivity index (χ0n) is 4.91. The van der Waals surface area contributed by atoms with Gasteiger partial charge in [0, 0.05) is 27.8 Å². The van der Waals surface area contributed by atoms with Crippen LogP contribution in [-0.2, 0) is 0 Å². The Kier molecular flexibility index (Phi) is 3.03. The SMILES string of the molecule is CC(Br)([N+](=O)[O-])C(O)(O)I. The number of aliphatic hydroxyl groups is 2. The lowest BCUT2D eigenvalue weighted by molar-refractivity contribution is -0.557. The van der Waals surface area contributed by atoms with Crippen molar-refractivity contribution in [2.24, 2.45) is 0 Å². The van der Waals surface area contributed by atoms with Crippen LogP contribution in [0.3, 0.4) is 0 Å². The maximum absolute atomic E-state index is 10.1. The van der Waals surface area contributed by atoms with E-state index in [0.717, 1.165) is 29.5 Å². The molecule has 0 aliphatic heterocycles. The Labute approximate surface area is 78.8 Å². The number of hydrogen-bond donors (Lipinski definition) is 2. The predicted molar refractivity (Wildman–Crippen MR) is 45.5 cm³/mol. The molecule has 1 unspecified atom stereocenters. The lowest BCUT2D eigenvalue weighted by Gasteiger charge is -2.22. The lowest BCUT2D eigenvalue weighted by atomic mass is 10.3. The molecule has 0 spiro atoms. The fraction of sp³-hybridized carbons (Fsp3) is 1.00. The molecule has 60 valence electrons. The maximum atomic E-state index is 10.1. The first kappa shape index (κ1) is 10.5. The van der Waals surface area contributed by atoms with Crippen molar-refractivity contribution in [3.05, 3.63) is 10.1 Å². The summed E-state index contributed by atoms with van der Waals surface area (Å²) in [5, 5.41) is 27.6. The Morgan fingerprint density at radius 2 is 2.00 bits per heavy atom. The summed E-state index contributed by atoms with van der Waals surface area (Å²) >= 11 is 3.72. The van der Waals surface area contributed by atoms with Crippen molar-refractivity contribution in [2.75, 3.05) is 0 Å². The topological polar surface area (TPSA) is 83.6 Å². The standard InChI is InChI=1S/C3H5BrINO4/c1-2(4,6(9)10)3(5,7)8/h7-8H,1H3. The van der Waals surface area contributed by atoms with Gasteiger partial charge in [-0.25, -0.2) is 0 Å². The van der Waals surface area contributed by atoms with E-state index in [1.165, 1.54) is 0 Å². The summed E-state index contributed by atoms with van der Waals surface area (Å²) in [6.45, 7) is 1.06. The number of alkyl halides is 2. The van der Waals surface area contributed by atoms with Gasteiger partial charge in [-0.15, -0.1) is 0 Å². The van der Waals surface area contributed by atoms with E-state index in [1.807, 2.05) is 0 Å². The van der Waals surface area contributed by atoms with Gasteiger partial charge in [-0.3, -0.25) is 10.1 Å². The van der Waals surface area contributed by atoms with Gasteiger partial charge in [0.2, 0.25) is 0 Å². The molecule has 0 fully saturated rings. The van der Waals surface area contributed by atoms with Gasteiger partial charge in [0.05, 0.1) is 0 Å². The second-order valence-corrected chi connectivity index (χ2v) is 4.85. The molecule has 0 saturated carbocycles. The summed E-state index contributed by atoms with van der Waals surface area (Å²) in [4.78, 5) is 9.28. The van der Waals surface area contributed by atoms with Crippen LogP contribution in [0.1, 0.15) is 6.92 Å². The molecule has 0 aliphatic rings. The van der Waals surface area contributed by atoms with Crippen LogP contribution in [0, 0.1) is 10.1 Å². The monoisotopic (exact) mass is 325 g/mol. The predicted octanol–water partition coefficient (Wildman–Crippen LogP) is 0.448. The van der Waals surface area contributed by atoms with E-state index in [1.54, 1.807) is 0 Å². The lowest BCUT2D eigenvalue weighted by Crippen LogP contribution is -2.48. The van der Waals surface area contributed by atoms with E-state index >= 15 is 0 Å². The molecular formula is C3H5BrINO4. The number of hydrogen-bond acceptors (Lipinski definition) is 4. The highest BCUT2D eigenvalue weighted by Gasteiger charge is 2.53. The van der Waals surface area contributed by atoms with Gasteiger partial charge >= 0.3 is 4.45 Å². The number of rotatable bonds is 2. The van der Waals surface area contributed by atoms with E-state index in [9.17, 15) is 10.1 Å². The zero-order chi connectivity index (χ0) is 8.58. The normalized spacial score (nSPS) is 18.1. The molecular weight excluding hydrogens is 321 g/mol. The van der Waals surface area contributed by atoms with Crippen LogP contribution in [0.4, 0.5) is 0 Å². The van der Waals surface area contributed by atoms with Crippen LogP contribution in [-0.4, -0.2) is 23.4 Å². The highest BCUT2D eigenvalue weighted by Crippen LogP contribution is 2.34. The fourth-order valence-corrected chi connectivity index (χ4v) is 0.313. The van der Waals surface area contributed by atoms with Crippen LogP contribution in [0.15, 0.2) is 0 Å². The highest BCUT2D eigenvalue weighted by molar-refractivity contribution is 14.1. The minimum Gasteiger partial charge on any atom is -0.351 e. The smallest absolute Gasteiger partial charge is 0.333 e. The van der Waals surface area contributed by atoms with E-state index in [2.05, 4.69) is 15.9 Å². The second kappa shape index (κ2) is 2.88. The molecule has 1 atom stereocenters. The molecule has 7 heteroatoms. The number of nitrogens with zero attached hydrogens (tertiary/aromatic N) is 1. The highest BCUT2D eigenvalue weighted by atomic mass is 127. The molecule has 0 bridgehead atoms. The van der Waals surface area contributed by atoms with Gasteiger partial charge in [0.25, 0.3) is 3.79 Å². The van der Waals surface area contributed by atoms with Gasteiger partial charge in [0.1, 0.15) is 0 Å². The van der Waals surface area contributed by atoms with Gasteiger partial charge in [-0.05, 0) is 22.6 Å². The van der Waals surface area contributed by atoms with Crippen molar-refractivity contribution in [3.63, 3.8) is 0 Å². The second-order valence-electron chi connectivity index (χ2n) is 1.80. The first-order valence-electron chi connectivity index (χ1n) is 2.16. The Morgan fingerprint density at radius 3 is 2.00 bits per heavy atom. The quantitative estimate of drug-likeness (QED) is 0.193. The molecule has 0 saturated heterocycles. The third-order valence-corrected chi connectivity index (χ3v) is 3.56. The minimum absolute atomic E-state index is 0.820. The first-order valence-corrected chi connectivity index (χ1v) is 4.04. The van der Waals surface area contributed by atoms with Crippen LogP contribution in [0.5, 0.6) is 0 Å². The van der Waals surface area contributed by atoms with Gasteiger partial charge in [-0.2, -0.15) is 0 Å². The molecule has 5 nitrogen and oxygen atoms in total. The third kappa shape index (κ3) is 2.01. The van der Waals surface area contributed by atoms with Gasteiger partial charge < -0.3 is 10.2 Å². The van der Waals surface area contributed by atoms with Crippen LogP contribution in [0.2, 0.25) is 0 Å². The van der Waals surface area contributed by atoms with Crippen molar-refractivity contribution in [3.8, 4) is 0 Å². The van der Waals surface area contributed by atoms with Gasteiger partial charge in [-0.1, -0.05) is 0 Å². The summed E-state index contributed by atoms with van der Waals surface area (Å²) < 4.78 is -4.32.